The smallest absolute Gasteiger partial charge is 0.319 e. The first-order valence-electron chi connectivity index (χ1n) is 10.7. The predicted octanol–water partition coefficient (Wildman–Crippen LogP) is 6.88. The van der Waals surface area contributed by atoms with Crippen LogP contribution in [-0.4, -0.2) is 10.6 Å². The van der Waals surface area contributed by atoms with Gasteiger partial charge in [-0.25, -0.2) is 9.18 Å². The van der Waals surface area contributed by atoms with Crippen LogP contribution in [0.1, 0.15) is 11.1 Å². The summed E-state index contributed by atoms with van der Waals surface area (Å²) in [5.41, 5.74) is 4.89. The number of carbonyl (C=O) groups is 1. The van der Waals surface area contributed by atoms with Crippen molar-refractivity contribution in [3.63, 3.8) is 0 Å². The molecule has 0 aliphatic heterocycles. The van der Waals surface area contributed by atoms with Crippen molar-refractivity contribution in [2.24, 2.45) is 0 Å². The molecule has 5 aromatic rings. The third-order valence-corrected chi connectivity index (χ3v) is 6.40. The van der Waals surface area contributed by atoms with Crippen LogP contribution < -0.4 is 10.6 Å². The molecule has 0 radical (unpaired) electrons. The van der Waals surface area contributed by atoms with Gasteiger partial charge in [0.05, 0.1) is 10.6 Å². The monoisotopic (exact) mass is 455 g/mol. The van der Waals surface area contributed by atoms with E-state index in [4.69, 9.17) is 0 Å². The molecule has 0 spiro atoms. The van der Waals surface area contributed by atoms with Crippen molar-refractivity contribution in [3.05, 3.63) is 113 Å². The lowest BCUT2D eigenvalue weighted by molar-refractivity contribution is 0.252. The molecule has 0 bridgehead atoms. The Morgan fingerprint density at radius 3 is 2.52 bits per heavy atom. The number of para-hydroxylation sites is 1. The Labute approximate surface area is 195 Å². The fourth-order valence-electron chi connectivity index (χ4n) is 4.09. The zero-order valence-corrected chi connectivity index (χ0v) is 18.6. The number of fused-ring (bicyclic) bond motifs is 1. The summed E-state index contributed by atoms with van der Waals surface area (Å²) in [5, 5.41) is 8.83. The molecule has 2 amide bonds. The van der Waals surface area contributed by atoms with Gasteiger partial charge in [0.15, 0.2) is 0 Å². The minimum Gasteiger partial charge on any atom is -0.335 e. The highest BCUT2D eigenvalue weighted by Crippen LogP contribution is 2.36. The number of urea groups is 1. The van der Waals surface area contributed by atoms with Crippen LogP contribution in [0, 0.1) is 5.82 Å². The molecule has 0 aliphatic rings. The third kappa shape index (κ3) is 4.52. The molecule has 0 unspecified atom stereocenters. The second-order valence-corrected chi connectivity index (χ2v) is 8.66. The second-order valence-electron chi connectivity index (χ2n) is 7.71. The summed E-state index contributed by atoms with van der Waals surface area (Å²) in [6, 6.07) is 28.3. The van der Waals surface area contributed by atoms with Crippen LogP contribution >= 0.6 is 11.3 Å². The molecule has 0 aliphatic carbocycles. The number of halogens is 1. The quantitative estimate of drug-likeness (QED) is 0.288. The molecule has 33 heavy (non-hydrogen) atoms. The van der Waals surface area contributed by atoms with E-state index < -0.39 is 5.82 Å². The standard InChI is InChI=1S/C27H22FN3OS/c28-20-10-6-11-21(16-20)30-27(32)29-17-23-22-12-4-5-13-24(22)31(18-19-8-2-1-3-9-19)26(23)25-14-7-15-33-25/h1-16H,17-18H2,(H2,29,30,32). The normalized spacial score (nSPS) is 10.9. The third-order valence-electron chi connectivity index (χ3n) is 5.52. The van der Waals surface area contributed by atoms with E-state index in [1.54, 1.807) is 23.5 Å². The Kier molecular flexibility index (Phi) is 5.91. The molecule has 4 nitrogen and oxygen atoms in total. The van der Waals surface area contributed by atoms with Crippen molar-refractivity contribution in [2.75, 3.05) is 5.32 Å². The topological polar surface area (TPSA) is 46.1 Å². The van der Waals surface area contributed by atoms with E-state index in [1.165, 1.54) is 17.7 Å². The number of anilines is 1. The fourth-order valence-corrected chi connectivity index (χ4v) is 4.90. The summed E-state index contributed by atoms with van der Waals surface area (Å²) >= 11 is 1.68. The molecule has 2 heterocycles. The lowest BCUT2D eigenvalue weighted by atomic mass is 10.1. The van der Waals surface area contributed by atoms with Crippen molar-refractivity contribution >= 4 is 34.0 Å². The van der Waals surface area contributed by atoms with Crippen LogP contribution in [0.5, 0.6) is 0 Å². The van der Waals surface area contributed by atoms with Gasteiger partial charge >= 0.3 is 6.03 Å². The van der Waals surface area contributed by atoms with E-state index in [-0.39, 0.29) is 6.03 Å². The number of nitrogens with zero attached hydrogens (tertiary/aromatic N) is 1. The van der Waals surface area contributed by atoms with E-state index in [1.807, 2.05) is 36.4 Å². The fraction of sp³-hybridized carbons (Fsp3) is 0.0741. The molecule has 2 N–H and O–H groups in total. The molecule has 0 saturated carbocycles. The molecular weight excluding hydrogens is 433 g/mol. The Hall–Kier alpha value is -3.90. The molecule has 5 rings (SSSR count). The number of carbonyl (C=O) groups excluding carboxylic acids is 1. The summed E-state index contributed by atoms with van der Waals surface area (Å²) in [5.74, 6) is -0.392. The zero-order valence-electron chi connectivity index (χ0n) is 17.8. The maximum absolute atomic E-state index is 13.5. The Morgan fingerprint density at radius 1 is 0.909 bits per heavy atom. The van der Waals surface area contributed by atoms with Crippen molar-refractivity contribution in [1.82, 2.24) is 9.88 Å². The number of nitrogens with one attached hydrogen (secondary N) is 2. The largest absolute Gasteiger partial charge is 0.335 e. The molecule has 2 aromatic heterocycles. The van der Waals surface area contributed by atoms with Crippen molar-refractivity contribution < 1.29 is 9.18 Å². The van der Waals surface area contributed by atoms with Gasteiger partial charge in [-0.2, -0.15) is 0 Å². The van der Waals surface area contributed by atoms with Gasteiger partial charge < -0.3 is 15.2 Å². The van der Waals surface area contributed by atoms with Gasteiger partial charge in [0.2, 0.25) is 0 Å². The van der Waals surface area contributed by atoms with Crippen LogP contribution in [-0.2, 0) is 13.1 Å². The van der Waals surface area contributed by atoms with Gasteiger partial charge in [0, 0.05) is 35.2 Å². The van der Waals surface area contributed by atoms with E-state index in [9.17, 15) is 9.18 Å². The molecule has 0 atom stereocenters. The maximum atomic E-state index is 13.5. The Bertz CT molecular complexity index is 1390. The minimum atomic E-state index is -0.392. The first-order valence-corrected chi connectivity index (χ1v) is 11.6. The van der Waals surface area contributed by atoms with Crippen LogP contribution in [0.25, 0.3) is 21.5 Å². The van der Waals surface area contributed by atoms with Gasteiger partial charge in [-0.05, 0) is 41.3 Å². The molecule has 0 saturated heterocycles. The van der Waals surface area contributed by atoms with Crippen LogP contribution in [0.2, 0.25) is 0 Å². The predicted molar refractivity (Wildman–Crippen MR) is 133 cm³/mol. The first kappa shape index (κ1) is 21.0. The lowest BCUT2D eigenvalue weighted by Crippen LogP contribution is -2.28. The van der Waals surface area contributed by atoms with Crippen LogP contribution in [0.15, 0.2) is 96.4 Å². The summed E-state index contributed by atoms with van der Waals surface area (Å²) < 4.78 is 15.8. The molecule has 3 aromatic carbocycles. The molecular formula is C27H22FN3OS. The molecule has 6 heteroatoms. The molecule has 0 fully saturated rings. The van der Waals surface area contributed by atoms with Gasteiger partial charge in [-0.3, -0.25) is 0 Å². The number of thiophene rings is 1. The maximum Gasteiger partial charge on any atom is 0.319 e. The van der Waals surface area contributed by atoms with E-state index in [0.29, 0.717) is 12.2 Å². The van der Waals surface area contributed by atoms with Crippen molar-refractivity contribution in [3.8, 4) is 10.6 Å². The van der Waals surface area contributed by atoms with Gasteiger partial charge in [0.1, 0.15) is 5.82 Å². The van der Waals surface area contributed by atoms with Crippen LogP contribution in [0.4, 0.5) is 14.9 Å². The van der Waals surface area contributed by atoms with E-state index >= 15 is 0 Å². The number of benzene rings is 3. The Balaban J connectivity index is 1.51. The average Bonchev–Trinajstić information content (AvgIpc) is 3.45. The number of hydrogen-bond acceptors (Lipinski definition) is 2. The van der Waals surface area contributed by atoms with Gasteiger partial charge in [-0.15, -0.1) is 11.3 Å². The van der Waals surface area contributed by atoms with E-state index in [2.05, 4.69) is 50.9 Å². The summed E-state index contributed by atoms with van der Waals surface area (Å²) in [6.07, 6.45) is 0. The second kappa shape index (κ2) is 9.30. The van der Waals surface area contributed by atoms with Crippen LogP contribution in [0.3, 0.4) is 0 Å². The van der Waals surface area contributed by atoms with Gasteiger partial charge in [-0.1, -0.05) is 60.7 Å². The zero-order chi connectivity index (χ0) is 22.6. The highest BCUT2D eigenvalue weighted by atomic mass is 32.1. The SMILES string of the molecule is O=C(NCc1c(-c2cccs2)n(Cc2ccccc2)c2ccccc12)Nc1cccc(F)c1. The number of rotatable bonds is 6. The summed E-state index contributed by atoms with van der Waals surface area (Å²) in [4.78, 5) is 13.7. The average molecular weight is 456 g/mol. The van der Waals surface area contributed by atoms with E-state index in [0.717, 1.165) is 33.6 Å². The Morgan fingerprint density at radius 2 is 1.73 bits per heavy atom. The van der Waals surface area contributed by atoms with Crippen molar-refractivity contribution in [2.45, 2.75) is 13.1 Å². The highest BCUT2D eigenvalue weighted by molar-refractivity contribution is 7.13. The van der Waals surface area contributed by atoms with Crippen molar-refractivity contribution in [1.29, 1.82) is 0 Å². The summed E-state index contributed by atoms with van der Waals surface area (Å²) in [7, 11) is 0. The number of aromatic nitrogens is 1. The summed E-state index contributed by atoms with van der Waals surface area (Å²) in [6.45, 7) is 1.07. The van der Waals surface area contributed by atoms with Gasteiger partial charge in [0.25, 0.3) is 0 Å². The number of amides is 2. The lowest BCUT2D eigenvalue weighted by Gasteiger charge is -2.12. The molecule has 164 valence electrons. The highest BCUT2D eigenvalue weighted by Gasteiger charge is 2.20. The first-order chi connectivity index (χ1) is 16.2. The number of hydrogen-bond donors (Lipinski definition) is 2. The minimum absolute atomic E-state index is 0.344.